The van der Waals surface area contributed by atoms with Crippen LogP contribution in [0.2, 0.25) is 0 Å². The van der Waals surface area contributed by atoms with Crippen LogP contribution in [0.3, 0.4) is 0 Å². The number of urea groups is 1. The minimum atomic E-state index is -0.180. The van der Waals surface area contributed by atoms with Crippen molar-refractivity contribution in [3.05, 3.63) is 29.8 Å². The van der Waals surface area contributed by atoms with Gasteiger partial charge in [0.1, 0.15) is 0 Å². The average molecular weight is 329 g/mol. The average Bonchev–Trinajstić information content (AvgIpc) is 2.60. The van der Waals surface area contributed by atoms with E-state index in [2.05, 4.69) is 22.5 Å². The van der Waals surface area contributed by atoms with Gasteiger partial charge in [0, 0.05) is 30.4 Å². The number of hydrogen-bond donors (Lipinski definition) is 2. The summed E-state index contributed by atoms with van der Waals surface area (Å²) in [7, 11) is 0. The first kappa shape index (κ1) is 17.0. The summed E-state index contributed by atoms with van der Waals surface area (Å²) in [6, 6.07) is 7.27. The molecule has 0 saturated carbocycles. The maximum Gasteiger partial charge on any atom is 0.319 e. The molecular formula is C19H27N3O2. The molecule has 3 heterocycles. The van der Waals surface area contributed by atoms with Crippen LogP contribution in [-0.2, 0) is 0 Å². The monoisotopic (exact) mass is 329 g/mol. The lowest BCUT2D eigenvalue weighted by atomic mass is 9.74. The van der Waals surface area contributed by atoms with Crippen molar-refractivity contribution in [3.63, 3.8) is 0 Å². The Hall–Kier alpha value is -1.88. The molecule has 0 spiro atoms. The van der Waals surface area contributed by atoms with Gasteiger partial charge in [0.05, 0.1) is 0 Å². The summed E-state index contributed by atoms with van der Waals surface area (Å²) >= 11 is 0. The highest BCUT2D eigenvalue weighted by atomic mass is 16.2. The number of piperidine rings is 3. The predicted octanol–water partition coefficient (Wildman–Crippen LogP) is 3.13. The van der Waals surface area contributed by atoms with Gasteiger partial charge in [0.25, 0.3) is 0 Å². The van der Waals surface area contributed by atoms with E-state index in [0.29, 0.717) is 23.8 Å². The topological polar surface area (TPSA) is 61.4 Å². The van der Waals surface area contributed by atoms with Gasteiger partial charge in [0.2, 0.25) is 0 Å². The molecule has 0 radical (unpaired) electrons. The van der Waals surface area contributed by atoms with Crippen LogP contribution < -0.4 is 10.6 Å². The molecule has 5 nitrogen and oxygen atoms in total. The van der Waals surface area contributed by atoms with Crippen molar-refractivity contribution in [1.29, 1.82) is 0 Å². The van der Waals surface area contributed by atoms with Crippen LogP contribution in [-0.4, -0.2) is 42.4 Å². The largest absolute Gasteiger partial charge is 0.336 e. The molecule has 2 amide bonds. The van der Waals surface area contributed by atoms with Crippen LogP contribution in [0.5, 0.6) is 0 Å². The molecule has 24 heavy (non-hydrogen) atoms. The fourth-order valence-corrected chi connectivity index (χ4v) is 4.10. The van der Waals surface area contributed by atoms with Gasteiger partial charge in [-0.15, -0.1) is 0 Å². The number of benzene rings is 1. The van der Waals surface area contributed by atoms with Crippen molar-refractivity contribution in [3.8, 4) is 0 Å². The van der Waals surface area contributed by atoms with Gasteiger partial charge in [-0.3, -0.25) is 9.69 Å². The molecule has 0 aromatic heterocycles. The van der Waals surface area contributed by atoms with E-state index in [1.807, 2.05) is 0 Å². The molecule has 1 aromatic carbocycles. The van der Waals surface area contributed by atoms with Gasteiger partial charge in [0.15, 0.2) is 5.78 Å². The summed E-state index contributed by atoms with van der Waals surface area (Å²) in [5.74, 6) is 1.69. The normalized spacial score (nSPS) is 28.4. The van der Waals surface area contributed by atoms with Crippen molar-refractivity contribution in [1.82, 2.24) is 10.2 Å². The molecular weight excluding hydrogens is 302 g/mol. The SMILES string of the molecule is CC[C@H]1CN2CC[C@H]1C[C@@H]2CNC(=O)Nc1ccc(C(C)=O)cc1. The van der Waals surface area contributed by atoms with E-state index < -0.39 is 0 Å². The summed E-state index contributed by atoms with van der Waals surface area (Å²) in [6.45, 7) is 6.86. The summed E-state index contributed by atoms with van der Waals surface area (Å²) in [5.41, 5.74) is 1.35. The maximum atomic E-state index is 12.1. The Bertz CT molecular complexity index is 599. The molecule has 2 N–H and O–H groups in total. The van der Waals surface area contributed by atoms with Gasteiger partial charge in [-0.25, -0.2) is 4.79 Å². The summed E-state index contributed by atoms with van der Waals surface area (Å²) < 4.78 is 0. The van der Waals surface area contributed by atoms with Crippen LogP contribution in [0.15, 0.2) is 24.3 Å². The second-order valence-corrected chi connectivity index (χ2v) is 7.07. The number of nitrogens with zero attached hydrogens (tertiary/aromatic N) is 1. The van der Waals surface area contributed by atoms with Crippen molar-refractivity contribution >= 4 is 17.5 Å². The van der Waals surface area contributed by atoms with Gasteiger partial charge >= 0.3 is 6.03 Å². The summed E-state index contributed by atoms with van der Waals surface area (Å²) in [5, 5.41) is 5.83. The lowest BCUT2D eigenvalue weighted by Crippen LogP contribution is -2.56. The molecule has 3 fully saturated rings. The molecule has 1 unspecified atom stereocenters. The zero-order chi connectivity index (χ0) is 17.1. The third kappa shape index (κ3) is 3.78. The molecule has 2 bridgehead atoms. The van der Waals surface area contributed by atoms with Gasteiger partial charge in [-0.05, 0) is 62.4 Å². The Balaban J connectivity index is 1.47. The molecule has 130 valence electrons. The lowest BCUT2D eigenvalue weighted by molar-refractivity contribution is 0.00159. The molecule has 4 rings (SSSR count). The Kier molecular flexibility index (Phi) is 5.19. The second kappa shape index (κ2) is 7.34. The second-order valence-electron chi connectivity index (χ2n) is 7.07. The Labute approximate surface area is 143 Å². The molecule has 3 aliphatic rings. The first-order chi connectivity index (χ1) is 11.6. The molecule has 3 saturated heterocycles. The first-order valence-electron chi connectivity index (χ1n) is 8.96. The van der Waals surface area contributed by atoms with Crippen LogP contribution in [0.1, 0.15) is 43.5 Å². The summed E-state index contributed by atoms with van der Waals surface area (Å²) in [6.07, 6.45) is 3.77. The van der Waals surface area contributed by atoms with Crippen molar-refractivity contribution < 1.29 is 9.59 Å². The van der Waals surface area contributed by atoms with E-state index in [-0.39, 0.29) is 11.8 Å². The highest BCUT2D eigenvalue weighted by Crippen LogP contribution is 2.37. The quantitative estimate of drug-likeness (QED) is 0.816. The van der Waals surface area contributed by atoms with Gasteiger partial charge < -0.3 is 10.6 Å². The maximum absolute atomic E-state index is 12.1. The van der Waals surface area contributed by atoms with Crippen LogP contribution in [0, 0.1) is 11.8 Å². The Morgan fingerprint density at radius 2 is 2.00 bits per heavy atom. The predicted molar refractivity (Wildman–Crippen MR) is 95.3 cm³/mol. The van der Waals surface area contributed by atoms with Gasteiger partial charge in [-0.1, -0.05) is 13.3 Å². The number of carbonyl (C=O) groups excluding carboxylic acids is 2. The minimum absolute atomic E-state index is 0.0257. The van der Waals surface area contributed by atoms with Crippen molar-refractivity contribution in [2.45, 2.75) is 39.2 Å². The molecule has 0 aliphatic carbocycles. The van der Waals surface area contributed by atoms with E-state index in [1.165, 1.54) is 39.3 Å². The number of nitrogens with one attached hydrogen (secondary N) is 2. The van der Waals surface area contributed by atoms with Gasteiger partial charge in [-0.2, -0.15) is 0 Å². The number of carbonyl (C=O) groups is 2. The zero-order valence-corrected chi connectivity index (χ0v) is 14.5. The number of fused-ring (bicyclic) bond motifs is 3. The molecule has 1 aromatic rings. The third-order valence-corrected chi connectivity index (χ3v) is 5.59. The fraction of sp³-hybridized carbons (Fsp3) is 0.579. The smallest absolute Gasteiger partial charge is 0.319 e. The Morgan fingerprint density at radius 1 is 1.25 bits per heavy atom. The van der Waals surface area contributed by atoms with E-state index in [9.17, 15) is 9.59 Å². The number of hydrogen-bond acceptors (Lipinski definition) is 3. The van der Waals surface area contributed by atoms with E-state index in [4.69, 9.17) is 0 Å². The number of ketones is 1. The highest BCUT2D eigenvalue weighted by molar-refractivity contribution is 5.95. The number of amides is 2. The van der Waals surface area contributed by atoms with Crippen LogP contribution in [0.4, 0.5) is 10.5 Å². The number of anilines is 1. The standard InChI is InChI=1S/C19H27N3O2/c1-3-14-12-22-9-8-16(14)10-18(22)11-20-19(24)21-17-6-4-15(5-7-17)13(2)23/h4-7,14,16,18H,3,8-12H2,1-2H3,(H2,20,21,24)/t14-,16-,18+/m0/s1. The first-order valence-corrected chi connectivity index (χ1v) is 8.96. The zero-order valence-electron chi connectivity index (χ0n) is 14.5. The van der Waals surface area contributed by atoms with Crippen molar-refractivity contribution in [2.24, 2.45) is 11.8 Å². The van der Waals surface area contributed by atoms with Crippen LogP contribution >= 0.6 is 0 Å². The van der Waals surface area contributed by atoms with E-state index >= 15 is 0 Å². The van der Waals surface area contributed by atoms with E-state index in [1.54, 1.807) is 24.3 Å². The minimum Gasteiger partial charge on any atom is -0.336 e. The molecule has 5 heteroatoms. The molecule has 4 atom stereocenters. The summed E-state index contributed by atoms with van der Waals surface area (Å²) in [4.78, 5) is 25.9. The fourth-order valence-electron chi connectivity index (χ4n) is 4.10. The lowest BCUT2D eigenvalue weighted by Gasteiger charge is -2.49. The van der Waals surface area contributed by atoms with Crippen LogP contribution in [0.25, 0.3) is 0 Å². The number of rotatable bonds is 5. The van der Waals surface area contributed by atoms with Crippen molar-refractivity contribution in [2.75, 3.05) is 25.0 Å². The number of Topliss-reactive ketones (excluding diaryl/α,β-unsaturated/α-hetero) is 1. The Morgan fingerprint density at radius 3 is 2.58 bits per heavy atom. The molecule has 3 aliphatic heterocycles. The highest BCUT2D eigenvalue weighted by Gasteiger charge is 2.38. The van der Waals surface area contributed by atoms with E-state index in [0.717, 1.165) is 11.8 Å². The third-order valence-electron chi connectivity index (χ3n) is 5.59.